The van der Waals surface area contributed by atoms with Crippen molar-refractivity contribution in [2.24, 2.45) is 0 Å². The highest BCUT2D eigenvalue weighted by atomic mass is 35.5. The molecule has 0 spiro atoms. The number of nitrogens with zero attached hydrogens (tertiary/aromatic N) is 2. The third kappa shape index (κ3) is 4.37. The molecule has 0 saturated heterocycles. The summed E-state index contributed by atoms with van der Waals surface area (Å²) in [4.78, 5) is 15.4. The molecule has 1 heterocycles. The van der Waals surface area contributed by atoms with E-state index in [4.69, 9.17) is 11.6 Å². The molecule has 6 nitrogen and oxygen atoms in total. The molecule has 166 valence electrons. The van der Waals surface area contributed by atoms with Crippen LogP contribution in [0.25, 0.3) is 0 Å². The van der Waals surface area contributed by atoms with Crippen LogP contribution in [-0.2, 0) is 23.0 Å². The van der Waals surface area contributed by atoms with E-state index in [2.05, 4.69) is 22.3 Å². The molecule has 3 aromatic carbocycles. The van der Waals surface area contributed by atoms with Gasteiger partial charge in [-0.15, -0.1) is 0 Å². The van der Waals surface area contributed by atoms with Crippen molar-refractivity contribution in [3.05, 3.63) is 88.4 Å². The summed E-state index contributed by atoms with van der Waals surface area (Å²) in [5, 5.41) is 3.10. The van der Waals surface area contributed by atoms with Gasteiger partial charge in [-0.2, -0.15) is 0 Å². The van der Waals surface area contributed by atoms with Crippen LogP contribution in [0.4, 0.5) is 11.4 Å². The van der Waals surface area contributed by atoms with Gasteiger partial charge in [0.1, 0.15) is 0 Å². The van der Waals surface area contributed by atoms with Crippen LogP contribution in [0.15, 0.2) is 71.6 Å². The molecule has 4 rings (SSSR count). The average molecular weight is 470 g/mol. The fourth-order valence-electron chi connectivity index (χ4n) is 3.80. The van der Waals surface area contributed by atoms with Crippen LogP contribution in [0.5, 0.6) is 0 Å². The second-order valence-electron chi connectivity index (χ2n) is 7.84. The first-order valence-corrected chi connectivity index (χ1v) is 12.0. The van der Waals surface area contributed by atoms with Gasteiger partial charge in [0.2, 0.25) is 10.0 Å². The second-order valence-corrected chi connectivity index (χ2v) is 10.4. The third-order valence-corrected chi connectivity index (χ3v) is 7.71. The standard InChI is InChI=1S/C24H24ClN3O3S/c1-27(2)32(30,31)19-11-12-21(25)20(15-19)24(29)26-22-9-5-3-8-18(22)16-28-14-13-17-7-4-6-10-23(17)28/h3-12,15H,13-14,16H2,1-2H3,(H,26,29). The fourth-order valence-corrected chi connectivity index (χ4v) is 4.93. The largest absolute Gasteiger partial charge is 0.367 e. The van der Waals surface area contributed by atoms with Gasteiger partial charge in [-0.1, -0.05) is 48.0 Å². The second kappa shape index (κ2) is 8.94. The topological polar surface area (TPSA) is 69.7 Å². The van der Waals surface area contributed by atoms with Gasteiger partial charge in [0.05, 0.1) is 15.5 Å². The number of nitrogens with one attached hydrogen (secondary N) is 1. The van der Waals surface area contributed by atoms with Crippen molar-refractivity contribution in [3.63, 3.8) is 0 Å². The van der Waals surface area contributed by atoms with Gasteiger partial charge in [0.15, 0.2) is 0 Å². The number of hydrogen-bond acceptors (Lipinski definition) is 4. The maximum absolute atomic E-state index is 13.1. The van der Waals surface area contributed by atoms with Crippen LogP contribution in [0.1, 0.15) is 21.5 Å². The lowest BCUT2D eigenvalue weighted by atomic mass is 10.1. The Morgan fingerprint density at radius 2 is 1.78 bits per heavy atom. The summed E-state index contributed by atoms with van der Waals surface area (Å²) in [5.74, 6) is -0.458. The Bertz CT molecular complexity index is 1270. The predicted octanol–water partition coefficient (Wildman–Crippen LogP) is 4.41. The van der Waals surface area contributed by atoms with Gasteiger partial charge >= 0.3 is 0 Å². The van der Waals surface area contributed by atoms with Gasteiger partial charge in [0.25, 0.3) is 5.91 Å². The molecule has 0 atom stereocenters. The summed E-state index contributed by atoms with van der Waals surface area (Å²) in [7, 11) is -0.805. The molecule has 0 saturated carbocycles. The monoisotopic (exact) mass is 469 g/mol. The Hall–Kier alpha value is -2.87. The first-order chi connectivity index (χ1) is 15.3. The fraction of sp³-hybridized carbons (Fsp3) is 0.208. The number of para-hydroxylation sites is 2. The number of amides is 1. The van der Waals surface area contributed by atoms with E-state index in [1.165, 1.54) is 43.5 Å². The van der Waals surface area contributed by atoms with Crippen LogP contribution in [0.2, 0.25) is 5.02 Å². The number of hydrogen-bond donors (Lipinski definition) is 1. The molecule has 1 aliphatic rings. The van der Waals surface area contributed by atoms with Gasteiger partial charge < -0.3 is 10.2 Å². The Morgan fingerprint density at radius 1 is 1.06 bits per heavy atom. The molecule has 32 heavy (non-hydrogen) atoms. The van der Waals surface area contributed by atoms with E-state index in [0.29, 0.717) is 12.2 Å². The molecule has 0 aliphatic carbocycles. The van der Waals surface area contributed by atoms with E-state index in [0.717, 1.165) is 22.8 Å². The van der Waals surface area contributed by atoms with Crippen molar-refractivity contribution in [1.29, 1.82) is 0 Å². The maximum atomic E-state index is 13.1. The van der Waals surface area contributed by atoms with Crippen molar-refractivity contribution in [2.45, 2.75) is 17.9 Å². The van der Waals surface area contributed by atoms with Gasteiger partial charge in [-0.05, 0) is 47.9 Å². The number of carbonyl (C=O) groups excluding carboxylic acids is 1. The summed E-state index contributed by atoms with van der Waals surface area (Å²) < 4.78 is 26.0. The molecule has 0 radical (unpaired) electrons. The van der Waals surface area contributed by atoms with Gasteiger partial charge in [-0.3, -0.25) is 4.79 Å². The molecule has 1 amide bonds. The number of carbonyl (C=O) groups is 1. The summed E-state index contributed by atoms with van der Waals surface area (Å²) in [6, 6.07) is 20.1. The zero-order valence-corrected chi connectivity index (χ0v) is 19.4. The molecular weight excluding hydrogens is 446 g/mol. The highest BCUT2D eigenvalue weighted by Crippen LogP contribution is 2.31. The smallest absolute Gasteiger partial charge is 0.257 e. The minimum absolute atomic E-state index is 0.0130. The molecule has 0 unspecified atom stereocenters. The van der Waals surface area contributed by atoms with E-state index < -0.39 is 15.9 Å². The van der Waals surface area contributed by atoms with E-state index in [1.807, 2.05) is 36.4 Å². The van der Waals surface area contributed by atoms with E-state index in [1.54, 1.807) is 0 Å². The molecule has 0 bridgehead atoms. The minimum Gasteiger partial charge on any atom is -0.367 e. The van der Waals surface area contributed by atoms with Crippen molar-refractivity contribution < 1.29 is 13.2 Å². The van der Waals surface area contributed by atoms with Crippen LogP contribution in [0, 0.1) is 0 Å². The third-order valence-electron chi connectivity index (χ3n) is 5.57. The maximum Gasteiger partial charge on any atom is 0.257 e. The molecule has 3 aromatic rings. The number of benzene rings is 3. The quantitative estimate of drug-likeness (QED) is 0.580. The molecular formula is C24H24ClN3O3S. The lowest BCUT2D eigenvalue weighted by Crippen LogP contribution is -2.23. The van der Waals surface area contributed by atoms with Crippen molar-refractivity contribution in [3.8, 4) is 0 Å². The summed E-state index contributed by atoms with van der Waals surface area (Å²) in [6.45, 7) is 1.56. The molecule has 0 aromatic heterocycles. The average Bonchev–Trinajstić information content (AvgIpc) is 3.18. The predicted molar refractivity (Wildman–Crippen MR) is 128 cm³/mol. The molecule has 0 fully saturated rings. The zero-order valence-electron chi connectivity index (χ0n) is 17.9. The summed E-state index contributed by atoms with van der Waals surface area (Å²) in [6.07, 6.45) is 0.994. The first-order valence-electron chi connectivity index (χ1n) is 10.2. The normalized spacial score (nSPS) is 13.3. The SMILES string of the molecule is CN(C)S(=O)(=O)c1ccc(Cl)c(C(=O)Nc2ccccc2CN2CCc3ccccc32)c1. The number of sulfonamides is 1. The van der Waals surface area contributed by atoms with Crippen molar-refractivity contribution in [2.75, 3.05) is 30.9 Å². The minimum atomic E-state index is -3.69. The number of rotatable bonds is 6. The van der Waals surface area contributed by atoms with Crippen molar-refractivity contribution in [1.82, 2.24) is 4.31 Å². The van der Waals surface area contributed by atoms with E-state index in [9.17, 15) is 13.2 Å². The number of anilines is 2. The van der Waals surface area contributed by atoms with Gasteiger partial charge in [0, 0.05) is 38.6 Å². The van der Waals surface area contributed by atoms with Crippen LogP contribution >= 0.6 is 11.6 Å². The van der Waals surface area contributed by atoms with Crippen LogP contribution in [-0.4, -0.2) is 39.3 Å². The molecule has 8 heteroatoms. The number of halogens is 1. The Labute approximate surface area is 193 Å². The molecule has 1 aliphatic heterocycles. The lowest BCUT2D eigenvalue weighted by molar-refractivity contribution is 0.102. The summed E-state index contributed by atoms with van der Waals surface area (Å²) in [5.41, 5.74) is 4.26. The van der Waals surface area contributed by atoms with Crippen LogP contribution < -0.4 is 10.2 Å². The van der Waals surface area contributed by atoms with Gasteiger partial charge in [-0.25, -0.2) is 12.7 Å². The van der Waals surface area contributed by atoms with E-state index >= 15 is 0 Å². The Kier molecular flexibility index (Phi) is 6.24. The van der Waals surface area contributed by atoms with Crippen LogP contribution in [0.3, 0.4) is 0 Å². The summed E-state index contributed by atoms with van der Waals surface area (Å²) >= 11 is 6.24. The molecule has 1 N–H and O–H groups in total. The lowest BCUT2D eigenvalue weighted by Gasteiger charge is -2.21. The Balaban J connectivity index is 1.59. The number of fused-ring (bicyclic) bond motifs is 1. The zero-order chi connectivity index (χ0) is 22.9. The highest BCUT2D eigenvalue weighted by Gasteiger charge is 2.22. The van der Waals surface area contributed by atoms with E-state index in [-0.39, 0.29) is 15.5 Å². The van der Waals surface area contributed by atoms with Crippen molar-refractivity contribution >= 4 is 38.9 Å². The Morgan fingerprint density at radius 3 is 2.56 bits per heavy atom. The highest BCUT2D eigenvalue weighted by molar-refractivity contribution is 7.89. The first kappa shape index (κ1) is 22.3.